The lowest BCUT2D eigenvalue weighted by Crippen LogP contribution is -2.69. The van der Waals surface area contributed by atoms with E-state index in [-0.39, 0.29) is 17.6 Å². The van der Waals surface area contributed by atoms with Crippen molar-refractivity contribution < 1.29 is 17.9 Å². The van der Waals surface area contributed by atoms with Crippen LogP contribution in [0.25, 0.3) is 0 Å². The second-order valence-corrected chi connectivity index (χ2v) is 11.3. The molecule has 1 aromatic carbocycles. The minimum absolute atomic E-state index is 0.0604. The second-order valence-electron chi connectivity index (χ2n) is 8.83. The van der Waals surface area contributed by atoms with Crippen LogP contribution in [-0.2, 0) is 21.1 Å². The lowest BCUT2D eigenvalue weighted by molar-refractivity contribution is -0.137. The summed E-state index contributed by atoms with van der Waals surface area (Å²) in [6.45, 7) is 3.80. The average Bonchev–Trinajstić information content (AvgIpc) is 2.96. The first kappa shape index (κ1) is 20.7. The third-order valence-electron chi connectivity index (χ3n) is 7.08. The predicted octanol–water partition coefficient (Wildman–Crippen LogP) is 2.13. The van der Waals surface area contributed by atoms with Crippen LogP contribution in [0.4, 0.5) is 0 Å². The van der Waals surface area contributed by atoms with Gasteiger partial charge in [-0.05, 0) is 62.4 Å². The summed E-state index contributed by atoms with van der Waals surface area (Å²) in [5.74, 6) is 1.30. The quantitative estimate of drug-likeness (QED) is 0.705. The van der Waals surface area contributed by atoms with E-state index >= 15 is 0 Å². The van der Waals surface area contributed by atoms with Crippen LogP contribution in [0.2, 0.25) is 0 Å². The number of hydrogen-bond acceptors (Lipinski definition) is 5. The summed E-state index contributed by atoms with van der Waals surface area (Å²) in [5, 5.41) is 0. The summed E-state index contributed by atoms with van der Waals surface area (Å²) in [7, 11) is -1.49. The van der Waals surface area contributed by atoms with Crippen molar-refractivity contribution in [3.8, 4) is 5.75 Å². The molecule has 3 heterocycles. The number of piperidine rings is 1. The molecule has 3 aliphatic heterocycles. The van der Waals surface area contributed by atoms with Gasteiger partial charge in [-0.1, -0.05) is 18.6 Å². The molecule has 0 N–H and O–H groups in total. The Morgan fingerprint density at radius 3 is 2.48 bits per heavy atom. The molecule has 0 saturated carbocycles. The molecule has 0 aliphatic carbocycles. The molecule has 1 unspecified atom stereocenters. The first-order valence-electron chi connectivity index (χ1n) is 10.8. The molecule has 1 amide bonds. The highest BCUT2D eigenvalue weighted by Gasteiger charge is 2.62. The molecule has 3 aliphatic rings. The van der Waals surface area contributed by atoms with Crippen molar-refractivity contribution in [1.82, 2.24) is 9.80 Å². The zero-order valence-corrected chi connectivity index (χ0v) is 18.1. The highest BCUT2D eigenvalue weighted by atomic mass is 32.2. The van der Waals surface area contributed by atoms with Gasteiger partial charge in [0.15, 0.2) is 9.84 Å². The lowest BCUT2D eigenvalue weighted by Gasteiger charge is -2.51. The van der Waals surface area contributed by atoms with Crippen LogP contribution in [0, 0.1) is 5.92 Å². The van der Waals surface area contributed by atoms with Crippen LogP contribution >= 0.6 is 0 Å². The van der Waals surface area contributed by atoms with E-state index in [0.717, 1.165) is 37.4 Å². The maximum Gasteiger partial charge on any atom is 0.223 e. The number of methoxy groups -OCH3 is 1. The van der Waals surface area contributed by atoms with Crippen molar-refractivity contribution in [3.05, 3.63) is 29.8 Å². The second kappa shape index (κ2) is 8.26. The van der Waals surface area contributed by atoms with Crippen molar-refractivity contribution in [3.63, 3.8) is 0 Å². The van der Waals surface area contributed by atoms with Gasteiger partial charge in [0, 0.05) is 26.1 Å². The number of amides is 1. The Morgan fingerprint density at radius 1 is 1.14 bits per heavy atom. The Hall–Kier alpha value is -1.60. The number of carbonyl (C=O) groups is 1. The van der Waals surface area contributed by atoms with Gasteiger partial charge in [-0.2, -0.15) is 0 Å². The van der Waals surface area contributed by atoms with E-state index in [2.05, 4.69) is 4.90 Å². The molecule has 29 heavy (non-hydrogen) atoms. The molecule has 160 valence electrons. The Bertz CT molecular complexity index is 825. The average molecular weight is 421 g/mol. The van der Waals surface area contributed by atoms with Gasteiger partial charge in [0.2, 0.25) is 5.91 Å². The van der Waals surface area contributed by atoms with E-state index in [4.69, 9.17) is 4.74 Å². The van der Waals surface area contributed by atoms with E-state index in [0.29, 0.717) is 25.9 Å². The number of hydrogen-bond donors (Lipinski definition) is 0. The van der Waals surface area contributed by atoms with E-state index in [1.54, 1.807) is 12.0 Å². The Labute approximate surface area is 174 Å². The predicted molar refractivity (Wildman–Crippen MR) is 113 cm³/mol. The topological polar surface area (TPSA) is 66.9 Å². The SMILES string of the molecule is COc1ccc(CCC(=O)N2CC3(C2)C(CN2CCCCC2)CCS3(=O)=O)cc1. The number of benzene rings is 1. The third-order valence-corrected chi connectivity index (χ3v) is 9.69. The van der Waals surface area contributed by atoms with Crippen LogP contribution < -0.4 is 4.74 Å². The number of rotatable bonds is 6. The molecular formula is C22H32N2O4S. The minimum atomic E-state index is -3.13. The van der Waals surface area contributed by atoms with Gasteiger partial charge in [0.25, 0.3) is 0 Å². The molecule has 0 aromatic heterocycles. The molecule has 3 fully saturated rings. The summed E-state index contributed by atoms with van der Waals surface area (Å²) >= 11 is 0. The van der Waals surface area contributed by atoms with Crippen molar-refractivity contribution in [1.29, 1.82) is 0 Å². The molecule has 0 bridgehead atoms. The van der Waals surface area contributed by atoms with Gasteiger partial charge in [-0.3, -0.25) is 4.79 Å². The van der Waals surface area contributed by atoms with Crippen LogP contribution in [0.1, 0.15) is 37.7 Å². The zero-order valence-electron chi connectivity index (χ0n) is 17.3. The fourth-order valence-electron chi connectivity index (χ4n) is 5.16. The van der Waals surface area contributed by atoms with Crippen LogP contribution in [-0.4, -0.2) is 74.5 Å². The number of ether oxygens (including phenoxy) is 1. The zero-order chi connectivity index (χ0) is 20.5. The highest BCUT2D eigenvalue weighted by molar-refractivity contribution is 7.93. The Balaban J connectivity index is 1.34. The highest BCUT2D eigenvalue weighted by Crippen LogP contribution is 2.45. The molecule has 6 nitrogen and oxygen atoms in total. The van der Waals surface area contributed by atoms with E-state index in [9.17, 15) is 13.2 Å². The van der Waals surface area contributed by atoms with Gasteiger partial charge in [-0.15, -0.1) is 0 Å². The Kier molecular flexibility index (Phi) is 5.89. The lowest BCUT2D eigenvalue weighted by atomic mass is 9.82. The first-order chi connectivity index (χ1) is 13.9. The Morgan fingerprint density at radius 2 is 1.83 bits per heavy atom. The normalized spacial score (nSPS) is 25.7. The maximum atomic E-state index is 12.9. The number of likely N-dealkylation sites (tertiary alicyclic amines) is 2. The van der Waals surface area contributed by atoms with Crippen molar-refractivity contribution in [2.45, 2.75) is 43.3 Å². The molecular weight excluding hydrogens is 388 g/mol. The molecule has 3 saturated heterocycles. The summed E-state index contributed by atoms with van der Waals surface area (Å²) in [6.07, 6.45) is 5.52. The fourth-order valence-corrected chi connectivity index (χ4v) is 7.57. The smallest absolute Gasteiger partial charge is 0.223 e. The van der Waals surface area contributed by atoms with Gasteiger partial charge in [0.05, 0.1) is 12.9 Å². The first-order valence-corrected chi connectivity index (χ1v) is 12.4. The molecule has 1 atom stereocenters. The number of aryl methyl sites for hydroxylation is 1. The standard InChI is InChI=1S/C22H32N2O4S/c1-28-20-8-5-18(6-9-20)7-10-21(25)24-16-22(17-24)19(11-14-29(22,26)27)15-23-12-3-2-4-13-23/h5-6,8-9,19H,2-4,7,10-17H2,1H3. The van der Waals surface area contributed by atoms with Crippen molar-refractivity contribution in [2.75, 3.05) is 45.6 Å². The van der Waals surface area contributed by atoms with Crippen LogP contribution in [0.5, 0.6) is 5.75 Å². The van der Waals surface area contributed by atoms with E-state index in [1.807, 2.05) is 24.3 Å². The van der Waals surface area contributed by atoms with Crippen molar-refractivity contribution in [2.24, 2.45) is 5.92 Å². The molecule has 1 aromatic rings. The van der Waals surface area contributed by atoms with E-state index in [1.165, 1.54) is 19.3 Å². The minimum Gasteiger partial charge on any atom is -0.497 e. The summed E-state index contributed by atoms with van der Waals surface area (Å²) in [5.41, 5.74) is 1.09. The monoisotopic (exact) mass is 420 g/mol. The molecule has 1 spiro atoms. The molecule has 0 radical (unpaired) electrons. The van der Waals surface area contributed by atoms with Gasteiger partial charge in [0.1, 0.15) is 10.5 Å². The van der Waals surface area contributed by atoms with Crippen LogP contribution in [0.3, 0.4) is 0 Å². The fraction of sp³-hybridized carbons (Fsp3) is 0.682. The number of nitrogens with zero attached hydrogens (tertiary/aromatic N) is 2. The van der Waals surface area contributed by atoms with Crippen molar-refractivity contribution >= 4 is 15.7 Å². The van der Waals surface area contributed by atoms with Gasteiger partial charge < -0.3 is 14.5 Å². The summed E-state index contributed by atoms with van der Waals surface area (Å²) < 4.78 is 30.2. The number of sulfone groups is 1. The van der Waals surface area contributed by atoms with Gasteiger partial charge >= 0.3 is 0 Å². The third kappa shape index (κ3) is 4.04. The summed E-state index contributed by atoms with van der Waals surface area (Å²) in [6, 6.07) is 7.74. The van der Waals surface area contributed by atoms with Crippen LogP contribution in [0.15, 0.2) is 24.3 Å². The molecule has 4 rings (SSSR count). The maximum absolute atomic E-state index is 12.9. The molecule has 7 heteroatoms. The number of carbonyl (C=O) groups excluding carboxylic acids is 1. The largest absolute Gasteiger partial charge is 0.497 e. The van der Waals surface area contributed by atoms with Gasteiger partial charge in [-0.25, -0.2) is 8.42 Å². The van der Waals surface area contributed by atoms with E-state index < -0.39 is 14.6 Å². The summed E-state index contributed by atoms with van der Waals surface area (Å²) in [4.78, 5) is 16.9.